The summed E-state index contributed by atoms with van der Waals surface area (Å²) in [4.78, 5) is 15.2. The fourth-order valence-electron chi connectivity index (χ4n) is 0.489. The van der Waals surface area contributed by atoms with E-state index in [4.69, 9.17) is 5.21 Å². The fraction of sp³-hybridized carbons (Fsp3) is 0. The Morgan fingerprint density at radius 2 is 2.00 bits per heavy atom. The van der Waals surface area contributed by atoms with Crippen LogP contribution in [0.5, 0.6) is 0 Å². The maximum atomic E-state index is 10.3. The average Bonchev–Trinajstić information content (AvgIpc) is 2.77. The number of quaternary nitrogens is 1. The van der Waals surface area contributed by atoms with Crippen molar-refractivity contribution >= 4 is 12.1 Å². The van der Waals surface area contributed by atoms with E-state index < -0.39 is 6.09 Å². The highest BCUT2D eigenvalue weighted by atomic mass is 16.8. The molecule has 0 unspecified atom stereocenters. The molecular formula is C2H4N8O3. The Hall–Kier alpha value is -2.14. The van der Waals surface area contributed by atoms with Crippen molar-refractivity contribution in [3.8, 4) is 0 Å². The van der Waals surface area contributed by atoms with E-state index in [-0.39, 0.29) is 5.96 Å². The van der Waals surface area contributed by atoms with Crippen LogP contribution in [-0.4, -0.2) is 22.1 Å². The molecule has 0 saturated carbocycles. The molecule has 0 atom stereocenters. The van der Waals surface area contributed by atoms with Crippen molar-refractivity contribution in [3.63, 3.8) is 0 Å². The molecule has 1 fully saturated rings. The van der Waals surface area contributed by atoms with E-state index >= 15 is 0 Å². The summed E-state index contributed by atoms with van der Waals surface area (Å²) >= 11 is 0. The monoisotopic (exact) mass is 188 g/mol. The number of amides is 1. The molecule has 70 valence electrons. The van der Waals surface area contributed by atoms with Gasteiger partial charge in [-0.1, -0.05) is 0 Å². The summed E-state index contributed by atoms with van der Waals surface area (Å²) < 4.78 is 0. The lowest BCUT2D eigenvalue weighted by Gasteiger charge is -2.14. The van der Waals surface area contributed by atoms with Gasteiger partial charge >= 0.3 is 5.96 Å². The van der Waals surface area contributed by atoms with Gasteiger partial charge in [-0.3, -0.25) is 4.79 Å². The van der Waals surface area contributed by atoms with Crippen molar-refractivity contribution in [1.82, 2.24) is 0 Å². The summed E-state index contributed by atoms with van der Waals surface area (Å²) in [6, 6.07) is 0. The van der Waals surface area contributed by atoms with Crippen molar-refractivity contribution in [1.29, 1.82) is 0 Å². The third-order valence-corrected chi connectivity index (χ3v) is 0.860. The van der Waals surface area contributed by atoms with E-state index in [2.05, 4.69) is 42.4 Å². The van der Waals surface area contributed by atoms with Gasteiger partial charge in [0.2, 0.25) is 6.09 Å². The van der Waals surface area contributed by atoms with Gasteiger partial charge in [0, 0.05) is 0 Å². The van der Waals surface area contributed by atoms with Gasteiger partial charge in [-0.2, -0.15) is 0 Å². The molecule has 0 spiro atoms. The van der Waals surface area contributed by atoms with Crippen LogP contribution >= 0.6 is 0 Å². The van der Waals surface area contributed by atoms with Crippen LogP contribution in [0.4, 0.5) is 4.79 Å². The van der Waals surface area contributed by atoms with Crippen molar-refractivity contribution in [2.45, 2.75) is 0 Å². The van der Waals surface area contributed by atoms with E-state index in [1.165, 1.54) is 0 Å². The first kappa shape index (κ1) is 8.95. The normalized spacial score (nSPS) is 17.5. The summed E-state index contributed by atoms with van der Waals surface area (Å²) in [5.74, 6) is 2.25. The van der Waals surface area contributed by atoms with Crippen molar-refractivity contribution in [3.05, 3.63) is 11.0 Å². The Kier molecular flexibility index (Phi) is 2.77. The molecular weight excluding hydrogens is 184 g/mol. The zero-order valence-corrected chi connectivity index (χ0v) is 6.10. The molecule has 2 heterocycles. The van der Waals surface area contributed by atoms with E-state index in [1.54, 1.807) is 0 Å². The molecule has 1 amide bonds. The van der Waals surface area contributed by atoms with Gasteiger partial charge in [0.15, 0.2) is 0 Å². The minimum atomic E-state index is -0.824. The number of hydrogen-bond donors (Lipinski definition) is 2. The number of nitrogens with zero attached hydrogens (tertiary/aromatic N) is 7. The maximum absolute atomic E-state index is 10.3. The Morgan fingerprint density at radius 1 is 1.38 bits per heavy atom. The van der Waals surface area contributed by atoms with E-state index in [1.807, 2.05) is 0 Å². The Balaban J connectivity index is 0.000000396. The number of carbonyl (C=O) groups is 1. The SMILES string of the molecule is O=C1[N-][N+](=C2N=NN=N2)[N-]O1.[NH3+]O. The molecule has 2 aliphatic rings. The number of guanidine groups is 1. The predicted octanol–water partition coefficient (Wildman–Crippen LogP) is -0.552. The third kappa shape index (κ3) is 1.91. The van der Waals surface area contributed by atoms with Crippen LogP contribution in [0.15, 0.2) is 20.7 Å². The highest BCUT2D eigenvalue weighted by Crippen LogP contribution is 2.15. The zero-order chi connectivity index (χ0) is 9.68. The average molecular weight is 188 g/mol. The second-order valence-corrected chi connectivity index (χ2v) is 1.51. The lowest BCUT2D eigenvalue weighted by molar-refractivity contribution is -0.670. The topological polar surface area (TPSA) is 155 Å². The Labute approximate surface area is 70.4 Å². The lowest BCUT2D eigenvalue weighted by atomic mass is 11.1. The van der Waals surface area contributed by atoms with Gasteiger partial charge < -0.3 is 20.6 Å². The first-order chi connectivity index (χ1) is 6.36. The van der Waals surface area contributed by atoms with Crippen LogP contribution in [0.2, 0.25) is 0 Å². The molecule has 13 heavy (non-hydrogen) atoms. The molecule has 11 nitrogen and oxygen atoms in total. The molecule has 0 aliphatic carbocycles. The molecule has 11 heteroatoms. The van der Waals surface area contributed by atoms with E-state index in [9.17, 15) is 4.79 Å². The molecule has 0 aromatic rings. The molecule has 0 radical (unpaired) electrons. The Bertz CT molecular complexity index is 278. The summed E-state index contributed by atoms with van der Waals surface area (Å²) in [6.45, 7) is 0. The van der Waals surface area contributed by atoms with Gasteiger partial charge in [0.1, 0.15) is 0 Å². The van der Waals surface area contributed by atoms with Crippen molar-refractivity contribution in [2.75, 3.05) is 0 Å². The fourth-order valence-corrected chi connectivity index (χ4v) is 0.489. The zero-order valence-electron chi connectivity index (χ0n) is 6.10. The number of rotatable bonds is 0. The van der Waals surface area contributed by atoms with Gasteiger partial charge in [0.05, 0.1) is 20.7 Å². The summed E-state index contributed by atoms with van der Waals surface area (Å²) in [6.07, 6.45) is -0.824. The van der Waals surface area contributed by atoms with E-state index in [0.717, 1.165) is 4.79 Å². The molecule has 1 saturated heterocycles. The minimum absolute atomic E-state index is 0.00384. The van der Waals surface area contributed by atoms with Crippen LogP contribution in [0.25, 0.3) is 11.0 Å². The molecule has 0 bridgehead atoms. The molecule has 0 aromatic heterocycles. The van der Waals surface area contributed by atoms with E-state index in [0.29, 0.717) is 0 Å². The number of hydrogen-bond acceptors (Lipinski definition) is 5. The quantitative estimate of drug-likeness (QED) is 0.386. The van der Waals surface area contributed by atoms with Gasteiger partial charge in [0.25, 0.3) is 0 Å². The first-order valence-corrected chi connectivity index (χ1v) is 2.80. The van der Waals surface area contributed by atoms with Crippen LogP contribution in [0, 0.1) is 0 Å². The number of carbonyl (C=O) groups excluding carboxylic acids is 1. The summed E-state index contributed by atoms with van der Waals surface area (Å²) in [5, 5.41) is 19.8. The second kappa shape index (κ2) is 4.03. The molecule has 0 aromatic carbocycles. The largest absolute Gasteiger partial charge is 0.517 e. The van der Waals surface area contributed by atoms with Gasteiger partial charge in [-0.15, -0.1) is 0 Å². The van der Waals surface area contributed by atoms with Crippen LogP contribution in [0.1, 0.15) is 0 Å². The lowest BCUT2D eigenvalue weighted by Crippen LogP contribution is -2.42. The highest BCUT2D eigenvalue weighted by molar-refractivity contribution is 5.84. The predicted molar refractivity (Wildman–Crippen MR) is 32.9 cm³/mol. The molecule has 4 N–H and O–H groups in total. The standard InChI is InChI=1S/C2N7O2.H4NO/c10-2-5-9(8-11-2)1-3-6-7-4-1;1-2/h;2H,1H3/q-1;+1. The van der Waals surface area contributed by atoms with Crippen molar-refractivity contribution < 1.29 is 25.5 Å². The molecule has 2 rings (SSSR count). The maximum Gasteiger partial charge on any atom is 0.457 e. The van der Waals surface area contributed by atoms with Gasteiger partial charge in [-0.05, 0) is 0 Å². The van der Waals surface area contributed by atoms with Crippen LogP contribution < -0.4 is 5.90 Å². The minimum Gasteiger partial charge on any atom is -0.517 e. The molecule has 2 aliphatic heterocycles. The van der Waals surface area contributed by atoms with Crippen LogP contribution in [-0.2, 0) is 4.84 Å². The Morgan fingerprint density at radius 3 is 2.46 bits per heavy atom. The smallest absolute Gasteiger partial charge is 0.457 e. The first-order valence-electron chi connectivity index (χ1n) is 2.80. The van der Waals surface area contributed by atoms with Gasteiger partial charge in [-0.25, -0.2) is 11.1 Å². The third-order valence-electron chi connectivity index (χ3n) is 0.860. The van der Waals surface area contributed by atoms with Crippen LogP contribution in [0.3, 0.4) is 0 Å². The highest BCUT2D eigenvalue weighted by Gasteiger charge is 2.13. The van der Waals surface area contributed by atoms with Crippen molar-refractivity contribution in [2.24, 2.45) is 20.7 Å². The summed E-state index contributed by atoms with van der Waals surface area (Å²) in [7, 11) is 0. The second-order valence-electron chi connectivity index (χ2n) is 1.51. The summed E-state index contributed by atoms with van der Waals surface area (Å²) in [5.41, 5.74) is 6.40.